The summed E-state index contributed by atoms with van der Waals surface area (Å²) in [5.41, 5.74) is 2.25. The first-order valence-electron chi connectivity index (χ1n) is 8.41. The monoisotopic (exact) mass is 291 g/mol. The minimum Gasteiger partial charge on any atom is -0.406 e. The Labute approximate surface area is 133 Å². The fourth-order valence-electron chi connectivity index (χ4n) is 4.31. The highest BCUT2D eigenvalue weighted by atomic mass is 16.5. The van der Waals surface area contributed by atoms with E-state index >= 15 is 0 Å². The van der Waals surface area contributed by atoms with Crippen molar-refractivity contribution in [1.29, 1.82) is 0 Å². The first kappa shape index (κ1) is 14.0. The predicted molar refractivity (Wildman–Crippen MR) is 90.7 cm³/mol. The third kappa shape index (κ3) is 1.96. The van der Waals surface area contributed by atoms with E-state index in [1.807, 2.05) is 0 Å². The van der Waals surface area contributed by atoms with Crippen LogP contribution in [0, 0.1) is 0 Å². The van der Waals surface area contributed by atoms with Crippen molar-refractivity contribution in [2.75, 3.05) is 6.54 Å². The van der Waals surface area contributed by atoms with E-state index in [-0.39, 0.29) is 12.7 Å². The summed E-state index contributed by atoms with van der Waals surface area (Å²) in [4.78, 5) is 2.58. The largest absolute Gasteiger partial charge is 0.406 e. The molecule has 2 aromatic carbocycles. The highest BCUT2D eigenvalue weighted by molar-refractivity contribution is 6.49. The number of hydrogen-bond acceptors (Lipinski definition) is 2. The fraction of sp³-hybridized carbons (Fsp3) is 0.368. The molecule has 2 aromatic rings. The Morgan fingerprint density at radius 1 is 1.05 bits per heavy atom. The lowest BCUT2D eigenvalue weighted by molar-refractivity contribution is 0.105. The molecule has 0 amide bonds. The predicted octanol–water partition coefficient (Wildman–Crippen LogP) is 3.93. The van der Waals surface area contributed by atoms with Crippen molar-refractivity contribution in [3.05, 3.63) is 71.8 Å². The summed E-state index contributed by atoms with van der Waals surface area (Å²) < 4.78 is 6.76. The molecule has 0 aliphatic carbocycles. The Morgan fingerprint density at radius 2 is 1.64 bits per heavy atom. The Kier molecular flexibility index (Phi) is 3.55. The van der Waals surface area contributed by atoms with Gasteiger partial charge in [-0.05, 0) is 36.8 Å². The molecule has 3 heteroatoms. The molecule has 4 rings (SSSR count). The number of rotatable bonds is 3. The highest BCUT2D eigenvalue weighted by Crippen LogP contribution is 2.49. The second kappa shape index (κ2) is 5.56. The Balaban J connectivity index is 1.90. The van der Waals surface area contributed by atoms with E-state index < -0.39 is 0 Å². The van der Waals surface area contributed by atoms with Gasteiger partial charge in [0, 0.05) is 6.04 Å². The standard InChI is InChI=1S/C19H22BNO/c1-2-20-21-15-9-14-18(21)19(22-20,16-10-5-3-6-11-16)17-12-7-4-8-13-17/h3-8,10-13,18H,2,9,14-15H2,1H3/t18-/m0/s1. The van der Waals surface area contributed by atoms with E-state index in [1.165, 1.54) is 24.0 Å². The van der Waals surface area contributed by atoms with Crippen LogP contribution in [0.1, 0.15) is 30.9 Å². The molecule has 1 atom stereocenters. The summed E-state index contributed by atoms with van der Waals surface area (Å²) in [6.07, 6.45) is 3.52. The van der Waals surface area contributed by atoms with Gasteiger partial charge in [0.25, 0.3) is 0 Å². The second-order valence-corrected chi connectivity index (χ2v) is 6.34. The van der Waals surface area contributed by atoms with Gasteiger partial charge in [0.2, 0.25) is 0 Å². The minimum absolute atomic E-state index is 0.230. The maximum Gasteiger partial charge on any atom is 0.383 e. The van der Waals surface area contributed by atoms with Crippen LogP contribution in [0.25, 0.3) is 0 Å². The van der Waals surface area contributed by atoms with E-state index in [4.69, 9.17) is 4.65 Å². The Morgan fingerprint density at radius 3 is 2.18 bits per heavy atom. The van der Waals surface area contributed by atoms with Gasteiger partial charge in [0.1, 0.15) is 5.60 Å². The van der Waals surface area contributed by atoms with Gasteiger partial charge >= 0.3 is 7.05 Å². The molecule has 2 nitrogen and oxygen atoms in total. The van der Waals surface area contributed by atoms with Crippen molar-refractivity contribution in [2.45, 2.75) is 37.7 Å². The van der Waals surface area contributed by atoms with Gasteiger partial charge < -0.3 is 9.47 Å². The number of nitrogens with zero attached hydrogens (tertiary/aromatic N) is 1. The SMILES string of the molecule is CCB1OC(c2ccccc2)(c2ccccc2)[C@@H]2CCCN12. The zero-order valence-corrected chi connectivity index (χ0v) is 13.1. The lowest BCUT2D eigenvalue weighted by atomic mass is 9.78. The minimum atomic E-state index is -0.320. The summed E-state index contributed by atoms with van der Waals surface area (Å²) in [5, 5.41) is 0. The topological polar surface area (TPSA) is 12.5 Å². The summed E-state index contributed by atoms with van der Waals surface area (Å²) >= 11 is 0. The average Bonchev–Trinajstić information content (AvgIpc) is 3.18. The molecule has 0 unspecified atom stereocenters. The molecular formula is C19H22BNO. The molecule has 2 aliphatic heterocycles. The van der Waals surface area contributed by atoms with Crippen LogP contribution in [-0.2, 0) is 10.3 Å². The van der Waals surface area contributed by atoms with E-state index in [0.29, 0.717) is 6.04 Å². The molecule has 0 spiro atoms. The third-order valence-corrected chi connectivity index (χ3v) is 5.21. The molecule has 22 heavy (non-hydrogen) atoms. The molecule has 2 saturated heterocycles. The van der Waals surface area contributed by atoms with Crippen molar-refractivity contribution in [3.8, 4) is 0 Å². The molecular weight excluding hydrogens is 269 g/mol. The molecule has 0 N–H and O–H groups in total. The maximum absolute atomic E-state index is 6.76. The summed E-state index contributed by atoms with van der Waals surface area (Å²) in [7, 11) is 0.230. The summed E-state index contributed by atoms with van der Waals surface area (Å²) in [6, 6.07) is 22.0. The van der Waals surface area contributed by atoms with Gasteiger partial charge in [0.05, 0.1) is 0 Å². The van der Waals surface area contributed by atoms with Gasteiger partial charge in [-0.15, -0.1) is 0 Å². The molecule has 2 aliphatic rings. The quantitative estimate of drug-likeness (QED) is 0.794. The lowest BCUT2D eigenvalue weighted by Crippen LogP contribution is -2.41. The summed E-state index contributed by atoms with van der Waals surface area (Å²) in [6.45, 7) is 3.39. The van der Waals surface area contributed by atoms with E-state index in [2.05, 4.69) is 72.4 Å². The van der Waals surface area contributed by atoms with Gasteiger partial charge in [0.15, 0.2) is 0 Å². The van der Waals surface area contributed by atoms with Crippen molar-refractivity contribution in [1.82, 2.24) is 4.81 Å². The highest BCUT2D eigenvalue weighted by Gasteiger charge is 2.57. The van der Waals surface area contributed by atoms with Crippen LogP contribution in [0.4, 0.5) is 0 Å². The van der Waals surface area contributed by atoms with Crippen LogP contribution < -0.4 is 0 Å². The third-order valence-electron chi connectivity index (χ3n) is 5.21. The van der Waals surface area contributed by atoms with E-state index in [9.17, 15) is 0 Å². The van der Waals surface area contributed by atoms with Crippen LogP contribution in [0.2, 0.25) is 6.32 Å². The van der Waals surface area contributed by atoms with Crippen molar-refractivity contribution in [3.63, 3.8) is 0 Å². The first-order chi connectivity index (χ1) is 10.9. The molecule has 112 valence electrons. The van der Waals surface area contributed by atoms with Crippen LogP contribution >= 0.6 is 0 Å². The Hall–Kier alpha value is -1.58. The molecule has 0 saturated carbocycles. The fourth-order valence-corrected chi connectivity index (χ4v) is 4.31. The number of benzene rings is 2. The average molecular weight is 291 g/mol. The zero-order valence-electron chi connectivity index (χ0n) is 13.1. The molecule has 0 aromatic heterocycles. The zero-order chi connectivity index (χ0) is 15.0. The van der Waals surface area contributed by atoms with Gasteiger partial charge in [-0.1, -0.05) is 67.6 Å². The van der Waals surface area contributed by atoms with E-state index in [1.54, 1.807) is 0 Å². The van der Waals surface area contributed by atoms with Crippen LogP contribution in [0.15, 0.2) is 60.7 Å². The normalized spacial score (nSPS) is 23.7. The smallest absolute Gasteiger partial charge is 0.383 e. The van der Waals surface area contributed by atoms with E-state index in [0.717, 1.165) is 12.9 Å². The Bertz CT molecular complexity index is 591. The van der Waals surface area contributed by atoms with Crippen LogP contribution in [0.5, 0.6) is 0 Å². The summed E-state index contributed by atoms with van der Waals surface area (Å²) in [5.74, 6) is 0. The van der Waals surface area contributed by atoms with Crippen LogP contribution in [-0.4, -0.2) is 24.4 Å². The van der Waals surface area contributed by atoms with Gasteiger partial charge in [-0.25, -0.2) is 0 Å². The van der Waals surface area contributed by atoms with Crippen LogP contribution in [0.3, 0.4) is 0 Å². The molecule has 2 fully saturated rings. The number of hydrogen-bond donors (Lipinski definition) is 0. The molecule has 0 bridgehead atoms. The second-order valence-electron chi connectivity index (χ2n) is 6.34. The first-order valence-corrected chi connectivity index (χ1v) is 8.41. The van der Waals surface area contributed by atoms with Crippen molar-refractivity contribution < 1.29 is 4.65 Å². The van der Waals surface area contributed by atoms with Gasteiger partial charge in [-0.3, -0.25) is 0 Å². The van der Waals surface area contributed by atoms with Crippen molar-refractivity contribution in [2.24, 2.45) is 0 Å². The lowest BCUT2D eigenvalue weighted by Gasteiger charge is -2.36. The molecule has 0 radical (unpaired) electrons. The number of fused-ring (bicyclic) bond motifs is 1. The molecule has 2 heterocycles. The maximum atomic E-state index is 6.76. The van der Waals surface area contributed by atoms with Gasteiger partial charge in [-0.2, -0.15) is 0 Å². The van der Waals surface area contributed by atoms with Crippen molar-refractivity contribution >= 4 is 7.05 Å².